The molecule has 2 N–H and O–H groups in total. The molecule has 1 aromatic heterocycles. The zero-order valence-electron chi connectivity index (χ0n) is 14.4. The molecule has 0 saturated heterocycles. The molecule has 5 nitrogen and oxygen atoms in total. The number of rotatable bonds is 5. The largest absolute Gasteiger partial charge is 0.497 e. The van der Waals surface area contributed by atoms with E-state index in [0.29, 0.717) is 22.2 Å². The average molecular weight is 368 g/mol. The van der Waals surface area contributed by atoms with Gasteiger partial charge in [0.2, 0.25) is 0 Å². The van der Waals surface area contributed by atoms with Crippen LogP contribution in [0.1, 0.15) is 15.9 Å². The molecule has 0 atom stereocenters. The highest BCUT2D eigenvalue weighted by molar-refractivity contribution is 6.30. The van der Waals surface area contributed by atoms with Crippen LogP contribution < -0.4 is 15.4 Å². The number of methoxy groups -OCH3 is 1. The maximum atomic E-state index is 12.2. The van der Waals surface area contributed by atoms with Gasteiger partial charge in [0.25, 0.3) is 5.91 Å². The molecule has 1 amide bonds. The van der Waals surface area contributed by atoms with Crippen molar-refractivity contribution in [2.45, 2.75) is 6.92 Å². The molecule has 0 aliphatic rings. The third-order valence-electron chi connectivity index (χ3n) is 3.84. The van der Waals surface area contributed by atoms with Crippen LogP contribution in [0.2, 0.25) is 5.02 Å². The number of carbonyl (C=O) groups excluding carboxylic acids is 1. The van der Waals surface area contributed by atoms with Gasteiger partial charge in [-0.2, -0.15) is 0 Å². The standard InChI is InChI=1S/C20H18ClN3O2/c1-13-3-6-15(21)11-18(13)23-16-7-10-19(22-12-16)24-20(25)14-4-8-17(26-2)9-5-14/h3-12,23H,1-2H3,(H,22,24,25). The smallest absolute Gasteiger partial charge is 0.256 e. The quantitative estimate of drug-likeness (QED) is 0.662. The number of ether oxygens (including phenoxy) is 1. The molecule has 3 aromatic rings. The van der Waals surface area contributed by atoms with E-state index in [1.165, 1.54) is 0 Å². The van der Waals surface area contributed by atoms with Crippen LogP contribution in [0.25, 0.3) is 0 Å². The molecule has 0 aliphatic heterocycles. The molecule has 0 spiro atoms. The number of hydrogen-bond acceptors (Lipinski definition) is 4. The molecule has 0 unspecified atom stereocenters. The van der Waals surface area contributed by atoms with E-state index < -0.39 is 0 Å². The minimum absolute atomic E-state index is 0.230. The Hall–Kier alpha value is -3.05. The summed E-state index contributed by atoms with van der Waals surface area (Å²) >= 11 is 6.03. The molecule has 0 fully saturated rings. The van der Waals surface area contributed by atoms with Crippen LogP contribution in [0, 0.1) is 6.92 Å². The third-order valence-corrected chi connectivity index (χ3v) is 4.07. The van der Waals surface area contributed by atoms with Crippen LogP contribution in [0.3, 0.4) is 0 Å². The summed E-state index contributed by atoms with van der Waals surface area (Å²) in [6.45, 7) is 2.00. The maximum Gasteiger partial charge on any atom is 0.256 e. The molecular weight excluding hydrogens is 350 g/mol. The molecule has 0 aliphatic carbocycles. The Morgan fingerprint density at radius 1 is 1.08 bits per heavy atom. The Morgan fingerprint density at radius 2 is 1.85 bits per heavy atom. The lowest BCUT2D eigenvalue weighted by molar-refractivity contribution is 0.102. The van der Waals surface area contributed by atoms with E-state index >= 15 is 0 Å². The molecule has 0 saturated carbocycles. The predicted octanol–water partition coefficient (Wildman–Crippen LogP) is 5.05. The van der Waals surface area contributed by atoms with Gasteiger partial charge in [0.1, 0.15) is 11.6 Å². The zero-order valence-corrected chi connectivity index (χ0v) is 15.2. The van der Waals surface area contributed by atoms with E-state index in [0.717, 1.165) is 16.9 Å². The number of carbonyl (C=O) groups is 1. The van der Waals surface area contributed by atoms with E-state index in [4.69, 9.17) is 16.3 Å². The second-order valence-corrected chi connectivity index (χ2v) is 6.14. The average Bonchev–Trinajstić information content (AvgIpc) is 2.66. The fourth-order valence-electron chi connectivity index (χ4n) is 2.36. The molecule has 132 valence electrons. The first-order chi connectivity index (χ1) is 12.5. The number of nitrogens with one attached hydrogen (secondary N) is 2. The van der Waals surface area contributed by atoms with Gasteiger partial charge in [-0.1, -0.05) is 17.7 Å². The third kappa shape index (κ3) is 4.32. The van der Waals surface area contributed by atoms with E-state index in [9.17, 15) is 4.79 Å². The lowest BCUT2D eigenvalue weighted by Gasteiger charge is -2.11. The summed E-state index contributed by atoms with van der Waals surface area (Å²) < 4.78 is 5.09. The number of amides is 1. The highest BCUT2D eigenvalue weighted by atomic mass is 35.5. The highest BCUT2D eigenvalue weighted by Crippen LogP contribution is 2.24. The Kier molecular flexibility index (Phi) is 5.39. The number of halogens is 1. The monoisotopic (exact) mass is 367 g/mol. The van der Waals surface area contributed by atoms with Crippen molar-refractivity contribution < 1.29 is 9.53 Å². The first kappa shape index (κ1) is 17.8. The lowest BCUT2D eigenvalue weighted by atomic mass is 10.2. The van der Waals surface area contributed by atoms with E-state index in [2.05, 4.69) is 15.6 Å². The number of aryl methyl sites for hydroxylation is 1. The minimum Gasteiger partial charge on any atom is -0.497 e. The highest BCUT2D eigenvalue weighted by Gasteiger charge is 2.07. The van der Waals surface area contributed by atoms with Crippen molar-refractivity contribution in [3.05, 3.63) is 76.9 Å². The van der Waals surface area contributed by atoms with Crippen molar-refractivity contribution in [1.82, 2.24) is 4.98 Å². The van der Waals surface area contributed by atoms with Crippen molar-refractivity contribution in [2.24, 2.45) is 0 Å². The SMILES string of the molecule is COc1ccc(C(=O)Nc2ccc(Nc3cc(Cl)ccc3C)cn2)cc1. The molecule has 3 rings (SSSR count). The summed E-state index contributed by atoms with van der Waals surface area (Å²) in [5, 5.41) is 6.69. The molecule has 0 bridgehead atoms. The van der Waals surface area contributed by atoms with Gasteiger partial charge in [-0.25, -0.2) is 4.98 Å². The number of hydrogen-bond donors (Lipinski definition) is 2. The van der Waals surface area contributed by atoms with Gasteiger partial charge in [0.15, 0.2) is 0 Å². The Morgan fingerprint density at radius 3 is 2.50 bits per heavy atom. The van der Waals surface area contributed by atoms with Gasteiger partial charge in [-0.3, -0.25) is 4.79 Å². The van der Waals surface area contributed by atoms with Crippen LogP contribution in [-0.4, -0.2) is 18.0 Å². The summed E-state index contributed by atoms with van der Waals surface area (Å²) in [6.07, 6.45) is 1.66. The Bertz CT molecular complexity index is 909. The normalized spacial score (nSPS) is 10.3. The molecule has 6 heteroatoms. The number of anilines is 3. The maximum absolute atomic E-state index is 12.2. The lowest BCUT2D eigenvalue weighted by Crippen LogP contribution is -2.12. The number of aromatic nitrogens is 1. The summed E-state index contributed by atoms with van der Waals surface area (Å²) in [5.74, 6) is 0.942. The van der Waals surface area contributed by atoms with Gasteiger partial charge in [-0.15, -0.1) is 0 Å². The molecule has 0 radical (unpaired) electrons. The summed E-state index contributed by atoms with van der Waals surface area (Å²) in [4.78, 5) is 16.5. The first-order valence-electron chi connectivity index (χ1n) is 8.00. The number of benzene rings is 2. The second-order valence-electron chi connectivity index (χ2n) is 5.70. The summed E-state index contributed by atoms with van der Waals surface area (Å²) in [7, 11) is 1.58. The van der Waals surface area contributed by atoms with Crippen LogP contribution in [0.4, 0.5) is 17.2 Å². The van der Waals surface area contributed by atoms with E-state index in [1.807, 2.05) is 31.2 Å². The summed E-state index contributed by atoms with van der Waals surface area (Å²) in [5.41, 5.74) is 3.32. The molecular formula is C20H18ClN3O2. The van der Waals surface area contributed by atoms with Gasteiger partial charge in [0, 0.05) is 16.3 Å². The Labute approximate surface area is 157 Å². The minimum atomic E-state index is -0.230. The topological polar surface area (TPSA) is 63.2 Å². The van der Waals surface area contributed by atoms with Crippen molar-refractivity contribution in [3.8, 4) is 5.75 Å². The number of pyridine rings is 1. The molecule has 26 heavy (non-hydrogen) atoms. The van der Waals surface area contributed by atoms with E-state index in [-0.39, 0.29) is 5.91 Å². The number of nitrogens with zero attached hydrogens (tertiary/aromatic N) is 1. The van der Waals surface area contributed by atoms with Gasteiger partial charge in [0.05, 0.1) is 19.0 Å². The Balaban J connectivity index is 1.67. The van der Waals surface area contributed by atoms with Crippen molar-refractivity contribution >= 4 is 34.7 Å². The van der Waals surface area contributed by atoms with Crippen molar-refractivity contribution in [3.63, 3.8) is 0 Å². The van der Waals surface area contributed by atoms with Gasteiger partial charge < -0.3 is 15.4 Å². The van der Waals surface area contributed by atoms with Crippen LogP contribution in [-0.2, 0) is 0 Å². The van der Waals surface area contributed by atoms with E-state index in [1.54, 1.807) is 43.6 Å². The summed E-state index contributed by atoms with van der Waals surface area (Å²) in [6, 6.07) is 16.1. The predicted molar refractivity (Wildman–Crippen MR) is 105 cm³/mol. The molecule has 2 aromatic carbocycles. The zero-order chi connectivity index (χ0) is 18.5. The van der Waals surface area contributed by atoms with Crippen LogP contribution in [0.15, 0.2) is 60.8 Å². The fourth-order valence-corrected chi connectivity index (χ4v) is 2.53. The van der Waals surface area contributed by atoms with Gasteiger partial charge in [-0.05, 0) is 61.0 Å². The van der Waals surface area contributed by atoms with Gasteiger partial charge >= 0.3 is 0 Å². The second kappa shape index (κ2) is 7.89. The van der Waals surface area contributed by atoms with Crippen molar-refractivity contribution in [1.29, 1.82) is 0 Å². The van der Waals surface area contributed by atoms with Crippen molar-refractivity contribution in [2.75, 3.05) is 17.7 Å². The first-order valence-corrected chi connectivity index (χ1v) is 8.37. The van der Waals surface area contributed by atoms with Crippen LogP contribution in [0.5, 0.6) is 5.75 Å². The fraction of sp³-hybridized carbons (Fsp3) is 0.100. The van der Waals surface area contributed by atoms with Crippen LogP contribution >= 0.6 is 11.6 Å². The molecule has 1 heterocycles.